The van der Waals surface area contributed by atoms with Crippen LogP contribution in [0.5, 0.6) is 11.5 Å². The largest absolute Gasteiger partial charge is 2.00 e. The number of aromatic nitrogens is 4. The summed E-state index contributed by atoms with van der Waals surface area (Å²) in [6.45, 7) is 11.4. The van der Waals surface area contributed by atoms with Gasteiger partial charge in [-0.15, -0.1) is 35.7 Å². The van der Waals surface area contributed by atoms with E-state index in [4.69, 9.17) is 14.8 Å². The minimum atomic E-state index is 0. The second kappa shape index (κ2) is 16.3. The minimum Gasteiger partial charge on any atom is -0.509 e. The number of rotatable bonds is 13. The molecule has 2 unspecified atom stereocenters. The molecule has 0 spiro atoms. The van der Waals surface area contributed by atoms with Crippen molar-refractivity contribution in [1.82, 2.24) is 19.3 Å². The summed E-state index contributed by atoms with van der Waals surface area (Å²) in [5.74, 6) is 3.34. The predicted molar refractivity (Wildman–Crippen MR) is 206 cm³/mol. The first-order chi connectivity index (χ1) is 24.4. The molecule has 0 saturated carbocycles. The summed E-state index contributed by atoms with van der Waals surface area (Å²) < 4.78 is 10.6. The summed E-state index contributed by atoms with van der Waals surface area (Å²) in [6.07, 6.45) is 12.6. The number of fused-ring (bicyclic) bond motifs is 3. The molecular formula is C45H46N4OPt. The molecule has 3 aromatic heterocycles. The van der Waals surface area contributed by atoms with Crippen LogP contribution in [0.4, 0.5) is 0 Å². The van der Waals surface area contributed by atoms with Crippen LogP contribution in [0, 0.1) is 24.0 Å². The zero-order valence-corrected chi connectivity index (χ0v) is 32.5. The van der Waals surface area contributed by atoms with Crippen LogP contribution in [0.2, 0.25) is 0 Å². The van der Waals surface area contributed by atoms with Crippen molar-refractivity contribution in [3.05, 3.63) is 132 Å². The van der Waals surface area contributed by atoms with Gasteiger partial charge in [-0.2, -0.15) is 17.2 Å². The molecule has 5 nitrogen and oxygen atoms in total. The Morgan fingerprint density at radius 1 is 0.765 bits per heavy atom. The fraction of sp³-hybridized carbons (Fsp3) is 0.289. The van der Waals surface area contributed by atoms with Crippen molar-refractivity contribution in [1.29, 1.82) is 0 Å². The van der Waals surface area contributed by atoms with E-state index in [2.05, 4.69) is 118 Å². The number of ether oxygens (including phenoxy) is 1. The Kier molecular flexibility index (Phi) is 11.6. The predicted octanol–water partition coefficient (Wildman–Crippen LogP) is 11.6. The smallest absolute Gasteiger partial charge is 0.509 e. The van der Waals surface area contributed by atoms with Gasteiger partial charge in [-0.25, -0.2) is 4.98 Å². The molecule has 0 radical (unpaired) electrons. The molecule has 0 aliphatic rings. The first kappa shape index (κ1) is 36.3. The van der Waals surface area contributed by atoms with Crippen LogP contribution in [-0.4, -0.2) is 19.3 Å². The number of hydrogen-bond acceptors (Lipinski definition) is 3. The second-order valence-corrected chi connectivity index (χ2v) is 13.8. The summed E-state index contributed by atoms with van der Waals surface area (Å²) in [7, 11) is 0. The van der Waals surface area contributed by atoms with Gasteiger partial charge in [-0.1, -0.05) is 95.8 Å². The van der Waals surface area contributed by atoms with Gasteiger partial charge < -0.3 is 9.30 Å². The van der Waals surface area contributed by atoms with Gasteiger partial charge in [0, 0.05) is 35.0 Å². The molecule has 3 heterocycles. The molecule has 0 aliphatic heterocycles. The molecule has 51 heavy (non-hydrogen) atoms. The molecule has 0 amide bonds. The van der Waals surface area contributed by atoms with E-state index in [9.17, 15) is 0 Å². The van der Waals surface area contributed by atoms with E-state index in [1.807, 2.05) is 41.3 Å². The Hall–Kier alpha value is -4.47. The molecule has 0 fully saturated rings. The summed E-state index contributed by atoms with van der Waals surface area (Å²) in [6, 6.07) is 36.7. The van der Waals surface area contributed by atoms with E-state index >= 15 is 0 Å². The third-order valence-corrected chi connectivity index (χ3v) is 9.99. The van der Waals surface area contributed by atoms with Crippen molar-refractivity contribution in [2.45, 2.75) is 73.1 Å². The maximum atomic E-state index is 6.45. The number of benzene rings is 4. The average molecular weight is 854 g/mol. The van der Waals surface area contributed by atoms with Crippen LogP contribution in [0.3, 0.4) is 0 Å². The Balaban J connectivity index is 0.00000448. The fourth-order valence-electron chi connectivity index (χ4n) is 6.93. The normalized spacial score (nSPS) is 12.6. The van der Waals surface area contributed by atoms with Crippen LogP contribution in [0.1, 0.15) is 70.6 Å². The van der Waals surface area contributed by atoms with Crippen molar-refractivity contribution in [2.24, 2.45) is 11.8 Å². The molecule has 0 bridgehead atoms. The third-order valence-electron chi connectivity index (χ3n) is 9.99. The van der Waals surface area contributed by atoms with Gasteiger partial charge in [-0.05, 0) is 82.6 Å². The quantitative estimate of drug-likeness (QED) is 0.109. The van der Waals surface area contributed by atoms with Gasteiger partial charge in [0.25, 0.3) is 0 Å². The Labute approximate surface area is 317 Å². The molecule has 0 aliphatic carbocycles. The van der Waals surface area contributed by atoms with E-state index < -0.39 is 0 Å². The Morgan fingerprint density at radius 3 is 2.24 bits per heavy atom. The van der Waals surface area contributed by atoms with Gasteiger partial charge in [0.1, 0.15) is 5.82 Å². The van der Waals surface area contributed by atoms with Gasteiger partial charge in [0.05, 0.1) is 6.20 Å². The number of nitrogens with zero attached hydrogens (tertiary/aromatic N) is 4. The molecule has 2 atom stereocenters. The number of para-hydroxylation sites is 1. The van der Waals surface area contributed by atoms with E-state index in [-0.39, 0.29) is 21.1 Å². The maximum Gasteiger partial charge on any atom is 2.00 e. The summed E-state index contributed by atoms with van der Waals surface area (Å²) in [5.41, 5.74) is 9.40. The van der Waals surface area contributed by atoms with Gasteiger partial charge in [0.2, 0.25) is 0 Å². The number of hydrogen-bond donors (Lipinski definition) is 0. The molecule has 7 aromatic rings. The molecule has 4 aromatic carbocycles. The van der Waals surface area contributed by atoms with Crippen molar-refractivity contribution >= 4 is 21.8 Å². The van der Waals surface area contributed by atoms with E-state index in [0.29, 0.717) is 23.3 Å². The molecule has 0 N–H and O–H groups in total. The van der Waals surface area contributed by atoms with E-state index in [0.717, 1.165) is 77.4 Å². The average Bonchev–Trinajstić information content (AvgIpc) is 3.75. The van der Waals surface area contributed by atoms with Gasteiger partial charge >= 0.3 is 21.1 Å². The van der Waals surface area contributed by atoms with Crippen LogP contribution < -0.4 is 4.74 Å². The maximum absolute atomic E-state index is 6.45. The first-order valence-corrected chi connectivity index (χ1v) is 18.2. The van der Waals surface area contributed by atoms with Crippen LogP contribution in [-0.2, 0) is 40.3 Å². The third kappa shape index (κ3) is 7.75. The minimum absolute atomic E-state index is 0. The fourth-order valence-corrected chi connectivity index (χ4v) is 6.93. The van der Waals surface area contributed by atoms with Crippen molar-refractivity contribution < 1.29 is 25.8 Å². The molecular weight excluding hydrogens is 808 g/mol. The molecule has 0 saturated heterocycles. The molecule has 262 valence electrons. The Bertz CT molecular complexity index is 2220. The van der Waals surface area contributed by atoms with Crippen LogP contribution >= 0.6 is 0 Å². The Morgan fingerprint density at radius 2 is 1.49 bits per heavy atom. The second-order valence-electron chi connectivity index (χ2n) is 13.8. The summed E-state index contributed by atoms with van der Waals surface area (Å²) >= 11 is 0. The standard InChI is InChI=1S/C45H46N4O.Pt/c1-6-13-33-22-23-46-44(26-33)49-42-19-10-9-18-40(42)41-21-20-39(28-43(41)49)50-38-17-12-16-37(27-38)48-30-36(29-47-48)45-34(24-31(4)7-2)14-11-15-35(45)25-32(5)8-3;/h9-12,14-23,26,29-32H,6-8,13,24-25H2,1-5H3;/q-2;+2. The van der Waals surface area contributed by atoms with Crippen LogP contribution in [0.25, 0.3) is 44.4 Å². The topological polar surface area (TPSA) is 44.9 Å². The van der Waals surface area contributed by atoms with Crippen molar-refractivity contribution in [3.8, 4) is 34.1 Å². The van der Waals surface area contributed by atoms with E-state index in [1.54, 1.807) is 0 Å². The zero-order valence-electron chi connectivity index (χ0n) is 30.2. The van der Waals surface area contributed by atoms with E-state index in [1.165, 1.54) is 22.3 Å². The van der Waals surface area contributed by atoms with Crippen molar-refractivity contribution in [3.63, 3.8) is 0 Å². The van der Waals surface area contributed by atoms with Crippen molar-refractivity contribution in [2.75, 3.05) is 0 Å². The monoisotopic (exact) mass is 853 g/mol. The molecule has 6 heteroatoms. The van der Waals surface area contributed by atoms with Gasteiger partial charge in [0.15, 0.2) is 0 Å². The van der Waals surface area contributed by atoms with Gasteiger partial charge in [-0.3, -0.25) is 4.68 Å². The van der Waals surface area contributed by atoms with Crippen LogP contribution in [0.15, 0.2) is 104 Å². The number of pyridine rings is 1. The number of aryl methyl sites for hydroxylation is 1. The zero-order chi connectivity index (χ0) is 34.6. The molecule has 7 rings (SSSR count). The summed E-state index contributed by atoms with van der Waals surface area (Å²) in [4.78, 5) is 4.78. The SMILES string of the molecule is CCCc1ccnc(-n2c3[c-]c(Oc4[c-]c(-n5cc(-c6c(CC(C)CC)cccc6CC(C)CC)cn5)ccc4)ccc3c3ccccc32)c1.[Pt+2]. The summed E-state index contributed by atoms with van der Waals surface area (Å²) in [5, 5.41) is 7.11. The first-order valence-electron chi connectivity index (χ1n) is 18.2.